The van der Waals surface area contributed by atoms with Gasteiger partial charge in [0.25, 0.3) is 0 Å². The highest BCUT2D eigenvalue weighted by Gasteiger charge is 2.46. The maximum Gasteiger partial charge on any atom is 0.0955 e. The van der Waals surface area contributed by atoms with Gasteiger partial charge in [0.15, 0.2) is 0 Å². The van der Waals surface area contributed by atoms with E-state index in [0.717, 1.165) is 25.2 Å². The fourth-order valence-electron chi connectivity index (χ4n) is 12.0. The molecular formula is C55H55N5. The molecule has 1 unspecified atom stereocenters. The van der Waals surface area contributed by atoms with Gasteiger partial charge in [0.05, 0.1) is 46.8 Å². The summed E-state index contributed by atoms with van der Waals surface area (Å²) >= 11 is 0. The summed E-state index contributed by atoms with van der Waals surface area (Å²) in [5.41, 5.74) is 13.6. The van der Waals surface area contributed by atoms with Crippen LogP contribution in [-0.2, 0) is 5.41 Å². The lowest BCUT2D eigenvalue weighted by Crippen LogP contribution is -2.39. The van der Waals surface area contributed by atoms with E-state index in [1.807, 2.05) is 0 Å². The van der Waals surface area contributed by atoms with E-state index in [0.29, 0.717) is 12.1 Å². The van der Waals surface area contributed by atoms with Crippen molar-refractivity contribution in [2.24, 2.45) is 11.8 Å². The molecule has 4 heterocycles. The van der Waals surface area contributed by atoms with E-state index < -0.39 is 5.41 Å². The Labute approximate surface area is 355 Å². The molecule has 60 heavy (non-hydrogen) atoms. The first-order chi connectivity index (χ1) is 29.6. The van der Waals surface area contributed by atoms with Crippen LogP contribution in [-0.4, -0.2) is 34.9 Å². The zero-order chi connectivity index (χ0) is 40.0. The second-order valence-electron chi connectivity index (χ2n) is 18.7. The fourth-order valence-corrected chi connectivity index (χ4v) is 12.0. The van der Waals surface area contributed by atoms with Gasteiger partial charge in [0, 0.05) is 46.6 Å². The quantitative estimate of drug-likeness (QED) is 0.167. The standard InChI is InChI=1S/C55H55N5/c1-38-22-26-42(27-23-38)56-32-33-57(36-56)44-30-31-51-49(35-44)55(40-12-4-3-5-13-40,48-18-11-17-47-46-16-6-7-19-50(46)60(51)54(47)48)41-14-10-15-45(34-41)59-37-58(43-28-24-39(2)25-29-43)52-20-8-9-21-53(52)59/h3-21,30-35,38-39,42-43H,22-29,36-37H2,1-2H3. The van der Waals surface area contributed by atoms with Crippen LogP contribution in [0.2, 0.25) is 0 Å². The highest BCUT2D eigenvalue weighted by molar-refractivity contribution is 6.12. The van der Waals surface area contributed by atoms with Crippen molar-refractivity contribution in [3.63, 3.8) is 0 Å². The Morgan fingerprint density at radius 1 is 0.483 bits per heavy atom. The third kappa shape index (κ3) is 5.43. The number of nitrogens with zero attached hydrogens (tertiary/aromatic N) is 5. The molecule has 5 aliphatic rings. The summed E-state index contributed by atoms with van der Waals surface area (Å²) in [7, 11) is 0. The number of benzene rings is 6. The molecule has 300 valence electrons. The molecule has 0 amide bonds. The molecule has 2 aliphatic carbocycles. The van der Waals surface area contributed by atoms with E-state index in [1.165, 1.54) is 124 Å². The SMILES string of the molecule is CC1CCC(N2C=CN(c3ccc4c(c3)C(c3ccccc3)(c3cccc(N5CN(C6CCC(C)CC6)c6ccccc65)c3)c3cccc5c6ccccc6n-4c35)C2)CC1. The van der Waals surface area contributed by atoms with Crippen molar-refractivity contribution in [3.05, 3.63) is 174 Å². The lowest BCUT2D eigenvalue weighted by Gasteiger charge is -2.42. The van der Waals surface area contributed by atoms with Crippen LogP contribution in [0.5, 0.6) is 0 Å². The van der Waals surface area contributed by atoms with Crippen LogP contribution in [0.1, 0.15) is 87.5 Å². The lowest BCUT2D eigenvalue weighted by atomic mass is 9.63. The molecular weight excluding hydrogens is 731 g/mol. The molecule has 0 N–H and O–H groups in total. The molecule has 0 saturated heterocycles. The molecule has 5 nitrogen and oxygen atoms in total. The molecule has 0 spiro atoms. The number of fused-ring (bicyclic) bond motifs is 6. The molecule has 0 radical (unpaired) electrons. The van der Waals surface area contributed by atoms with Crippen molar-refractivity contribution in [3.8, 4) is 5.69 Å². The fraction of sp³-hybridized carbons (Fsp3) is 0.309. The average molecular weight is 786 g/mol. The molecule has 12 rings (SSSR count). The largest absolute Gasteiger partial charge is 0.355 e. The van der Waals surface area contributed by atoms with Gasteiger partial charge in [0.2, 0.25) is 0 Å². The van der Waals surface area contributed by atoms with Gasteiger partial charge < -0.3 is 24.2 Å². The van der Waals surface area contributed by atoms with Crippen molar-refractivity contribution < 1.29 is 0 Å². The first-order valence-electron chi connectivity index (χ1n) is 22.7. The predicted molar refractivity (Wildman–Crippen MR) is 250 cm³/mol. The summed E-state index contributed by atoms with van der Waals surface area (Å²) in [5.74, 6) is 1.66. The summed E-state index contributed by atoms with van der Waals surface area (Å²) in [6.45, 7) is 6.61. The zero-order valence-electron chi connectivity index (χ0n) is 35.1. The van der Waals surface area contributed by atoms with Gasteiger partial charge in [-0.3, -0.25) is 0 Å². The summed E-state index contributed by atoms with van der Waals surface area (Å²) in [6.07, 6.45) is 15.1. The van der Waals surface area contributed by atoms with Crippen LogP contribution in [0.25, 0.3) is 27.5 Å². The van der Waals surface area contributed by atoms with Gasteiger partial charge in [-0.25, -0.2) is 0 Å². The summed E-state index contributed by atoms with van der Waals surface area (Å²) < 4.78 is 2.57. The Bertz CT molecular complexity index is 2770. The first kappa shape index (κ1) is 36.0. The number of hydrogen-bond acceptors (Lipinski definition) is 4. The van der Waals surface area contributed by atoms with Gasteiger partial charge in [-0.1, -0.05) is 105 Å². The van der Waals surface area contributed by atoms with E-state index in [-0.39, 0.29) is 0 Å². The molecule has 7 aromatic rings. The highest BCUT2D eigenvalue weighted by atomic mass is 15.4. The maximum absolute atomic E-state index is 2.71. The van der Waals surface area contributed by atoms with E-state index >= 15 is 0 Å². The molecule has 1 aromatic heterocycles. The number of aromatic nitrogens is 1. The second kappa shape index (κ2) is 14.1. The van der Waals surface area contributed by atoms with Crippen LogP contribution < -0.4 is 14.7 Å². The van der Waals surface area contributed by atoms with Crippen molar-refractivity contribution in [2.45, 2.75) is 82.7 Å². The third-order valence-corrected chi connectivity index (χ3v) is 15.3. The smallest absolute Gasteiger partial charge is 0.0955 e. The lowest BCUT2D eigenvalue weighted by molar-refractivity contribution is 0.203. The number of hydrogen-bond donors (Lipinski definition) is 0. The van der Waals surface area contributed by atoms with Crippen LogP contribution >= 0.6 is 0 Å². The van der Waals surface area contributed by atoms with Crippen LogP contribution in [0.3, 0.4) is 0 Å². The predicted octanol–water partition coefficient (Wildman–Crippen LogP) is 13.1. The Morgan fingerprint density at radius 2 is 1.17 bits per heavy atom. The van der Waals surface area contributed by atoms with Crippen LogP contribution in [0, 0.1) is 11.8 Å². The van der Waals surface area contributed by atoms with Crippen molar-refractivity contribution >= 4 is 44.6 Å². The number of anilines is 4. The summed E-state index contributed by atoms with van der Waals surface area (Å²) in [6, 6.07) is 54.7. The Balaban J connectivity index is 1.06. The van der Waals surface area contributed by atoms with Crippen molar-refractivity contribution in [1.82, 2.24) is 9.47 Å². The Kier molecular flexibility index (Phi) is 8.44. The highest BCUT2D eigenvalue weighted by Crippen LogP contribution is 2.56. The Hall–Kier alpha value is -5.94. The molecule has 2 saturated carbocycles. The zero-order valence-corrected chi connectivity index (χ0v) is 35.1. The number of rotatable bonds is 6. The van der Waals surface area contributed by atoms with Gasteiger partial charge in [-0.2, -0.15) is 0 Å². The van der Waals surface area contributed by atoms with E-state index in [2.05, 4.69) is 190 Å². The molecule has 1 atom stereocenters. The Morgan fingerprint density at radius 3 is 1.98 bits per heavy atom. The molecule has 2 fully saturated rings. The second-order valence-corrected chi connectivity index (χ2v) is 18.7. The van der Waals surface area contributed by atoms with Gasteiger partial charge >= 0.3 is 0 Å². The topological polar surface area (TPSA) is 17.9 Å². The van der Waals surface area contributed by atoms with E-state index in [1.54, 1.807) is 0 Å². The van der Waals surface area contributed by atoms with E-state index in [9.17, 15) is 0 Å². The van der Waals surface area contributed by atoms with Crippen molar-refractivity contribution in [1.29, 1.82) is 0 Å². The molecule has 5 heteroatoms. The maximum atomic E-state index is 2.71. The minimum absolute atomic E-state index is 0.576. The minimum atomic E-state index is -0.590. The van der Waals surface area contributed by atoms with Crippen LogP contribution in [0.4, 0.5) is 22.7 Å². The van der Waals surface area contributed by atoms with Crippen LogP contribution in [0.15, 0.2) is 152 Å². The normalized spacial score (nSPS) is 24.7. The minimum Gasteiger partial charge on any atom is -0.355 e. The third-order valence-electron chi connectivity index (χ3n) is 15.3. The average Bonchev–Trinajstić information content (AvgIpc) is 4.04. The van der Waals surface area contributed by atoms with E-state index in [4.69, 9.17) is 0 Å². The summed E-state index contributed by atoms with van der Waals surface area (Å²) in [5, 5.41) is 2.60. The van der Waals surface area contributed by atoms with Gasteiger partial charge in [-0.05, 0) is 134 Å². The molecule has 3 aliphatic heterocycles. The van der Waals surface area contributed by atoms with Gasteiger partial charge in [0.1, 0.15) is 0 Å². The first-order valence-corrected chi connectivity index (χ1v) is 22.7. The number of para-hydroxylation sites is 4. The van der Waals surface area contributed by atoms with Crippen molar-refractivity contribution in [2.75, 3.05) is 28.0 Å². The van der Waals surface area contributed by atoms with Gasteiger partial charge in [-0.15, -0.1) is 0 Å². The molecule has 6 aromatic carbocycles. The summed E-state index contributed by atoms with van der Waals surface area (Å²) in [4.78, 5) is 10.4. The monoisotopic (exact) mass is 785 g/mol. The molecule has 0 bridgehead atoms.